The summed E-state index contributed by atoms with van der Waals surface area (Å²) in [5.74, 6) is 1.89. The zero-order valence-corrected chi connectivity index (χ0v) is 17.9. The predicted octanol–water partition coefficient (Wildman–Crippen LogP) is 3.03. The molecule has 1 aliphatic heterocycles. The van der Waals surface area contributed by atoms with E-state index in [0.29, 0.717) is 5.25 Å². The van der Waals surface area contributed by atoms with E-state index in [0.717, 1.165) is 31.5 Å². The van der Waals surface area contributed by atoms with Crippen molar-refractivity contribution in [2.45, 2.75) is 45.3 Å². The van der Waals surface area contributed by atoms with Crippen LogP contribution >= 0.6 is 35.7 Å². The number of likely N-dealkylation sites (tertiary alicyclic amines) is 1. The maximum absolute atomic E-state index is 4.64. The normalized spacial score (nSPS) is 18.6. The van der Waals surface area contributed by atoms with Crippen molar-refractivity contribution in [3.8, 4) is 0 Å². The third kappa shape index (κ3) is 10.2. The van der Waals surface area contributed by atoms with Crippen molar-refractivity contribution >= 4 is 41.7 Å². The minimum absolute atomic E-state index is 0. The molecule has 1 rings (SSSR count). The minimum Gasteiger partial charge on any atom is -0.357 e. The summed E-state index contributed by atoms with van der Waals surface area (Å²) in [6.07, 6.45) is 6.06. The highest BCUT2D eigenvalue weighted by atomic mass is 127. The van der Waals surface area contributed by atoms with Gasteiger partial charge in [-0.1, -0.05) is 13.8 Å². The Morgan fingerprint density at radius 3 is 2.59 bits per heavy atom. The van der Waals surface area contributed by atoms with Crippen LogP contribution in [0.5, 0.6) is 0 Å². The molecule has 2 N–H and O–H groups in total. The van der Waals surface area contributed by atoms with Gasteiger partial charge in [-0.15, -0.1) is 24.0 Å². The molecular weight excluding hydrogens is 407 g/mol. The molecule has 0 aromatic rings. The lowest BCUT2D eigenvalue weighted by molar-refractivity contribution is 0.191. The highest BCUT2D eigenvalue weighted by Gasteiger charge is 2.14. The molecule has 0 amide bonds. The van der Waals surface area contributed by atoms with Crippen molar-refractivity contribution < 1.29 is 0 Å². The van der Waals surface area contributed by atoms with Gasteiger partial charge >= 0.3 is 0 Å². The third-order valence-electron chi connectivity index (χ3n) is 4.07. The lowest BCUT2D eigenvalue weighted by atomic mass is 9.99. The number of hydrogen-bond acceptors (Lipinski definition) is 3. The van der Waals surface area contributed by atoms with Crippen molar-refractivity contribution in [3.05, 3.63) is 0 Å². The molecule has 0 aliphatic carbocycles. The first-order chi connectivity index (χ1) is 10.2. The van der Waals surface area contributed by atoms with Gasteiger partial charge in [0.25, 0.3) is 0 Å². The molecule has 22 heavy (non-hydrogen) atoms. The summed E-state index contributed by atoms with van der Waals surface area (Å²) in [5, 5.41) is 7.35. The average molecular weight is 442 g/mol. The zero-order valence-electron chi connectivity index (χ0n) is 14.7. The molecule has 0 saturated carbocycles. The highest BCUT2D eigenvalue weighted by Crippen LogP contribution is 2.15. The molecule has 1 atom stereocenters. The molecule has 4 nitrogen and oxygen atoms in total. The molecule has 1 unspecified atom stereocenters. The fraction of sp³-hybridized carbons (Fsp3) is 0.938. The van der Waals surface area contributed by atoms with Crippen LogP contribution in [-0.4, -0.2) is 61.6 Å². The fourth-order valence-corrected chi connectivity index (χ4v) is 2.65. The Morgan fingerprint density at radius 2 is 2.00 bits per heavy atom. The van der Waals surface area contributed by atoms with Crippen LogP contribution in [0.2, 0.25) is 0 Å². The highest BCUT2D eigenvalue weighted by molar-refractivity contribution is 14.0. The standard InChI is InChI=1S/C16H34N4S.HI/c1-5-17-16(19-13-15(3)21-4)18-9-6-10-20-11-7-14(2)8-12-20;/h14-15H,5-13H2,1-4H3,(H2,17,18,19);1H. The van der Waals surface area contributed by atoms with E-state index in [2.05, 4.69) is 47.6 Å². The number of rotatable bonds is 8. The summed E-state index contributed by atoms with van der Waals surface area (Å²) in [5.41, 5.74) is 0. The number of hydrogen-bond donors (Lipinski definition) is 2. The fourth-order valence-electron chi connectivity index (χ4n) is 2.43. The molecule has 1 heterocycles. The first-order valence-electron chi connectivity index (χ1n) is 8.43. The maximum atomic E-state index is 4.64. The summed E-state index contributed by atoms with van der Waals surface area (Å²) in [7, 11) is 0. The van der Waals surface area contributed by atoms with Crippen LogP contribution in [0.1, 0.15) is 40.0 Å². The second-order valence-electron chi connectivity index (χ2n) is 6.07. The molecule has 1 aliphatic rings. The van der Waals surface area contributed by atoms with Gasteiger partial charge in [-0.05, 0) is 58.0 Å². The first kappa shape index (κ1) is 22.3. The van der Waals surface area contributed by atoms with Gasteiger partial charge in [0.15, 0.2) is 5.96 Å². The number of halogens is 1. The van der Waals surface area contributed by atoms with Gasteiger partial charge in [0, 0.05) is 18.3 Å². The molecule has 0 spiro atoms. The number of nitrogens with one attached hydrogen (secondary N) is 2. The Balaban J connectivity index is 0.00000441. The van der Waals surface area contributed by atoms with Gasteiger partial charge in [0.05, 0.1) is 6.54 Å². The van der Waals surface area contributed by atoms with E-state index < -0.39 is 0 Å². The SMILES string of the molecule is CCNC(=NCC(C)SC)NCCCN1CCC(C)CC1.I. The van der Waals surface area contributed by atoms with Crippen LogP contribution in [0, 0.1) is 5.92 Å². The molecule has 6 heteroatoms. The monoisotopic (exact) mass is 442 g/mol. The van der Waals surface area contributed by atoms with Gasteiger partial charge in [-0.25, -0.2) is 0 Å². The van der Waals surface area contributed by atoms with Crippen LogP contribution in [-0.2, 0) is 0 Å². The van der Waals surface area contributed by atoms with E-state index in [1.54, 1.807) is 0 Å². The Hall–Kier alpha value is 0.310. The van der Waals surface area contributed by atoms with Gasteiger partial charge in [0.1, 0.15) is 0 Å². The lowest BCUT2D eigenvalue weighted by Crippen LogP contribution is -2.40. The third-order valence-corrected chi connectivity index (χ3v) is 5.03. The summed E-state index contributed by atoms with van der Waals surface area (Å²) in [4.78, 5) is 7.24. The van der Waals surface area contributed by atoms with Crippen LogP contribution in [0.25, 0.3) is 0 Å². The maximum Gasteiger partial charge on any atom is 0.191 e. The number of aliphatic imine (C=N–C) groups is 1. The Labute approximate surface area is 158 Å². The van der Waals surface area contributed by atoms with Gasteiger partial charge in [0.2, 0.25) is 0 Å². The second-order valence-corrected chi connectivity index (χ2v) is 7.35. The summed E-state index contributed by atoms with van der Waals surface area (Å²) in [6.45, 7) is 13.3. The second kappa shape index (κ2) is 13.7. The first-order valence-corrected chi connectivity index (χ1v) is 9.71. The van der Waals surface area contributed by atoms with Crippen molar-refractivity contribution in [1.82, 2.24) is 15.5 Å². The predicted molar refractivity (Wildman–Crippen MR) is 112 cm³/mol. The van der Waals surface area contributed by atoms with Gasteiger partial charge in [-0.2, -0.15) is 11.8 Å². The topological polar surface area (TPSA) is 39.7 Å². The quantitative estimate of drug-likeness (QED) is 0.262. The summed E-state index contributed by atoms with van der Waals surface area (Å²) >= 11 is 1.86. The Morgan fingerprint density at radius 1 is 1.32 bits per heavy atom. The van der Waals surface area contributed by atoms with Crippen LogP contribution < -0.4 is 10.6 Å². The van der Waals surface area contributed by atoms with Crippen LogP contribution in [0.3, 0.4) is 0 Å². The average Bonchev–Trinajstić information content (AvgIpc) is 2.50. The molecule has 1 fully saturated rings. The zero-order chi connectivity index (χ0) is 15.5. The lowest BCUT2D eigenvalue weighted by Gasteiger charge is -2.30. The van der Waals surface area contributed by atoms with Crippen molar-refractivity contribution in [1.29, 1.82) is 0 Å². The van der Waals surface area contributed by atoms with Crippen molar-refractivity contribution in [2.24, 2.45) is 10.9 Å². The van der Waals surface area contributed by atoms with Gasteiger partial charge in [-0.3, -0.25) is 4.99 Å². The van der Waals surface area contributed by atoms with Crippen LogP contribution in [0.4, 0.5) is 0 Å². The number of nitrogens with zero attached hydrogens (tertiary/aromatic N) is 2. The van der Waals surface area contributed by atoms with E-state index in [1.165, 1.54) is 38.9 Å². The molecule has 0 radical (unpaired) electrons. The van der Waals surface area contributed by atoms with Crippen LogP contribution in [0.15, 0.2) is 4.99 Å². The number of piperidine rings is 1. The largest absolute Gasteiger partial charge is 0.357 e. The number of thioether (sulfide) groups is 1. The van der Waals surface area contributed by atoms with E-state index in [-0.39, 0.29) is 24.0 Å². The van der Waals surface area contributed by atoms with E-state index in [9.17, 15) is 0 Å². The molecule has 1 saturated heterocycles. The summed E-state index contributed by atoms with van der Waals surface area (Å²) in [6, 6.07) is 0. The molecule has 0 aromatic carbocycles. The Kier molecular flexibility index (Phi) is 13.9. The van der Waals surface area contributed by atoms with Crippen molar-refractivity contribution in [2.75, 3.05) is 45.5 Å². The smallest absolute Gasteiger partial charge is 0.191 e. The van der Waals surface area contributed by atoms with E-state index >= 15 is 0 Å². The van der Waals surface area contributed by atoms with Gasteiger partial charge < -0.3 is 15.5 Å². The summed E-state index contributed by atoms with van der Waals surface area (Å²) < 4.78 is 0. The Bertz CT molecular complexity index is 294. The number of guanidine groups is 1. The van der Waals surface area contributed by atoms with E-state index in [1.807, 2.05) is 11.8 Å². The molecule has 0 aromatic heterocycles. The van der Waals surface area contributed by atoms with E-state index in [4.69, 9.17) is 0 Å². The molecule has 0 bridgehead atoms. The molecule has 132 valence electrons. The van der Waals surface area contributed by atoms with Crippen molar-refractivity contribution in [3.63, 3.8) is 0 Å². The minimum atomic E-state index is 0. The molecular formula is C16H35IN4S.